The number of carbonyl (C=O) groups excluding carboxylic acids is 3. The fraction of sp³-hybridized carbons (Fsp3) is 0.700. The lowest BCUT2D eigenvalue weighted by molar-refractivity contribution is -0.140. The molecule has 0 heterocycles. The van der Waals surface area contributed by atoms with Crippen LogP contribution in [-0.4, -0.2) is 44.1 Å². The Morgan fingerprint density at radius 2 is 1.94 bits per heavy atom. The van der Waals surface area contributed by atoms with Crippen molar-refractivity contribution in [3.63, 3.8) is 0 Å². The molecule has 0 spiro atoms. The SMILES string of the molecule is CCNC(=O)NC(=O)C(C)NCCC(=O)OC. The number of methoxy groups -OCH3 is 1. The molecular formula is C10H19N3O4. The number of hydrogen-bond acceptors (Lipinski definition) is 5. The topological polar surface area (TPSA) is 96.5 Å². The van der Waals surface area contributed by atoms with Gasteiger partial charge in [-0.3, -0.25) is 14.9 Å². The Hall–Kier alpha value is -1.63. The van der Waals surface area contributed by atoms with Crippen molar-refractivity contribution >= 4 is 17.9 Å². The van der Waals surface area contributed by atoms with E-state index < -0.39 is 18.0 Å². The Morgan fingerprint density at radius 3 is 2.47 bits per heavy atom. The van der Waals surface area contributed by atoms with Crippen LogP contribution in [0.3, 0.4) is 0 Å². The normalized spacial score (nSPS) is 11.5. The molecule has 17 heavy (non-hydrogen) atoms. The fourth-order valence-corrected chi connectivity index (χ4v) is 1.01. The molecule has 7 nitrogen and oxygen atoms in total. The van der Waals surface area contributed by atoms with Gasteiger partial charge in [-0.15, -0.1) is 0 Å². The molecule has 0 aliphatic heterocycles. The van der Waals surface area contributed by atoms with Gasteiger partial charge >= 0.3 is 12.0 Å². The van der Waals surface area contributed by atoms with Crippen molar-refractivity contribution in [1.29, 1.82) is 0 Å². The van der Waals surface area contributed by atoms with Gasteiger partial charge in [0.1, 0.15) is 0 Å². The smallest absolute Gasteiger partial charge is 0.321 e. The van der Waals surface area contributed by atoms with Crippen LogP contribution >= 0.6 is 0 Å². The summed E-state index contributed by atoms with van der Waals surface area (Å²) in [6, 6.07) is -1.08. The van der Waals surface area contributed by atoms with Gasteiger partial charge in [0.2, 0.25) is 5.91 Å². The molecule has 0 bridgehead atoms. The van der Waals surface area contributed by atoms with Crippen LogP contribution in [0.15, 0.2) is 0 Å². The molecule has 0 aliphatic carbocycles. The first-order valence-corrected chi connectivity index (χ1v) is 5.40. The van der Waals surface area contributed by atoms with Gasteiger partial charge in [0.15, 0.2) is 0 Å². The first-order chi connectivity index (χ1) is 8.01. The highest BCUT2D eigenvalue weighted by molar-refractivity contribution is 5.96. The molecule has 1 unspecified atom stereocenters. The maximum Gasteiger partial charge on any atom is 0.321 e. The quantitative estimate of drug-likeness (QED) is 0.542. The van der Waals surface area contributed by atoms with Gasteiger partial charge in [-0.05, 0) is 13.8 Å². The predicted octanol–water partition coefficient (Wildman–Crippen LogP) is -0.627. The Bertz CT molecular complexity index is 281. The number of nitrogens with one attached hydrogen (secondary N) is 3. The summed E-state index contributed by atoms with van der Waals surface area (Å²) in [4.78, 5) is 33.3. The van der Waals surface area contributed by atoms with Crippen LogP contribution in [0.5, 0.6) is 0 Å². The minimum atomic E-state index is -0.553. The van der Waals surface area contributed by atoms with Gasteiger partial charge in [0, 0.05) is 13.1 Å². The number of esters is 1. The molecule has 1 atom stereocenters. The molecule has 0 saturated carbocycles. The summed E-state index contributed by atoms with van der Waals surface area (Å²) in [5, 5.41) is 7.41. The summed E-state index contributed by atoms with van der Waals surface area (Å²) < 4.78 is 4.45. The highest BCUT2D eigenvalue weighted by Crippen LogP contribution is 1.86. The second-order valence-corrected chi connectivity index (χ2v) is 3.35. The van der Waals surface area contributed by atoms with Crippen molar-refractivity contribution in [2.24, 2.45) is 0 Å². The van der Waals surface area contributed by atoms with Crippen molar-refractivity contribution in [1.82, 2.24) is 16.0 Å². The number of imide groups is 1. The molecule has 7 heteroatoms. The zero-order valence-electron chi connectivity index (χ0n) is 10.3. The third kappa shape index (κ3) is 7.29. The highest BCUT2D eigenvalue weighted by atomic mass is 16.5. The molecule has 0 aromatic rings. The van der Waals surface area contributed by atoms with Gasteiger partial charge in [0.25, 0.3) is 0 Å². The van der Waals surface area contributed by atoms with E-state index in [1.165, 1.54) is 7.11 Å². The number of carbonyl (C=O) groups is 3. The van der Waals surface area contributed by atoms with Gasteiger partial charge in [-0.1, -0.05) is 0 Å². The van der Waals surface area contributed by atoms with Crippen LogP contribution in [0.1, 0.15) is 20.3 Å². The zero-order valence-corrected chi connectivity index (χ0v) is 10.3. The number of amides is 3. The second kappa shape index (κ2) is 8.51. The number of ether oxygens (including phenoxy) is 1. The van der Waals surface area contributed by atoms with Crippen LogP contribution in [-0.2, 0) is 14.3 Å². The molecule has 0 aliphatic rings. The third-order valence-corrected chi connectivity index (χ3v) is 1.97. The van der Waals surface area contributed by atoms with Crippen molar-refractivity contribution in [2.75, 3.05) is 20.2 Å². The lowest BCUT2D eigenvalue weighted by Gasteiger charge is -2.12. The van der Waals surface area contributed by atoms with Crippen molar-refractivity contribution in [3.8, 4) is 0 Å². The fourth-order valence-electron chi connectivity index (χ4n) is 1.01. The van der Waals surface area contributed by atoms with Crippen LogP contribution in [0.2, 0.25) is 0 Å². The van der Waals surface area contributed by atoms with Crippen molar-refractivity contribution in [3.05, 3.63) is 0 Å². The van der Waals surface area contributed by atoms with Crippen LogP contribution in [0.4, 0.5) is 4.79 Å². The van der Waals surface area contributed by atoms with E-state index in [0.29, 0.717) is 13.1 Å². The van der Waals surface area contributed by atoms with E-state index in [2.05, 4.69) is 20.7 Å². The Balaban J connectivity index is 3.82. The van der Waals surface area contributed by atoms with E-state index in [0.717, 1.165) is 0 Å². The maximum atomic E-state index is 11.4. The Labute approximate surface area is 100 Å². The minimum absolute atomic E-state index is 0.176. The number of hydrogen-bond donors (Lipinski definition) is 3. The summed E-state index contributed by atoms with van der Waals surface area (Å²) in [5.74, 6) is -0.797. The molecule has 0 saturated heterocycles. The molecule has 3 amide bonds. The first-order valence-electron chi connectivity index (χ1n) is 5.40. The van der Waals surface area contributed by atoms with Crippen molar-refractivity contribution in [2.45, 2.75) is 26.3 Å². The van der Waals surface area contributed by atoms with E-state index in [9.17, 15) is 14.4 Å². The molecule has 0 rings (SSSR count). The van der Waals surface area contributed by atoms with Gasteiger partial charge in [-0.2, -0.15) is 0 Å². The summed E-state index contributed by atoms with van der Waals surface area (Å²) in [7, 11) is 1.30. The summed E-state index contributed by atoms with van der Waals surface area (Å²) in [6.45, 7) is 4.12. The van der Waals surface area contributed by atoms with Gasteiger partial charge in [0.05, 0.1) is 19.6 Å². The molecular weight excluding hydrogens is 226 g/mol. The largest absolute Gasteiger partial charge is 0.469 e. The summed E-state index contributed by atoms with van der Waals surface area (Å²) in [5.41, 5.74) is 0. The first kappa shape index (κ1) is 15.4. The minimum Gasteiger partial charge on any atom is -0.469 e. The van der Waals surface area contributed by atoms with E-state index >= 15 is 0 Å². The average molecular weight is 245 g/mol. The molecule has 3 N–H and O–H groups in total. The highest BCUT2D eigenvalue weighted by Gasteiger charge is 2.14. The molecule has 0 radical (unpaired) electrons. The summed E-state index contributed by atoms with van der Waals surface area (Å²) >= 11 is 0. The van der Waals surface area contributed by atoms with E-state index in [1.807, 2.05) is 0 Å². The lowest BCUT2D eigenvalue weighted by Crippen LogP contribution is -2.48. The average Bonchev–Trinajstić information content (AvgIpc) is 2.28. The third-order valence-electron chi connectivity index (χ3n) is 1.97. The molecule has 0 aromatic carbocycles. The molecule has 0 fully saturated rings. The van der Waals surface area contributed by atoms with Gasteiger partial charge < -0.3 is 15.4 Å². The lowest BCUT2D eigenvalue weighted by atomic mass is 10.3. The van der Waals surface area contributed by atoms with E-state index in [-0.39, 0.29) is 12.4 Å². The van der Waals surface area contributed by atoms with Crippen LogP contribution < -0.4 is 16.0 Å². The molecule has 98 valence electrons. The monoisotopic (exact) mass is 245 g/mol. The Kier molecular flexibility index (Phi) is 7.70. The van der Waals surface area contributed by atoms with Gasteiger partial charge in [-0.25, -0.2) is 4.79 Å². The predicted molar refractivity (Wildman–Crippen MR) is 61.3 cm³/mol. The number of rotatable bonds is 6. The maximum absolute atomic E-state index is 11.4. The summed E-state index contributed by atoms with van der Waals surface area (Å²) in [6.07, 6.45) is 0.176. The standard InChI is InChI=1S/C10H19N3O4/c1-4-11-10(16)13-9(15)7(2)12-6-5-8(14)17-3/h7,12H,4-6H2,1-3H3,(H2,11,13,15,16). The number of urea groups is 1. The molecule has 0 aromatic heterocycles. The second-order valence-electron chi connectivity index (χ2n) is 3.35. The Morgan fingerprint density at radius 1 is 1.29 bits per heavy atom. The van der Waals surface area contributed by atoms with E-state index in [1.54, 1.807) is 13.8 Å². The van der Waals surface area contributed by atoms with Crippen LogP contribution in [0, 0.1) is 0 Å². The van der Waals surface area contributed by atoms with E-state index in [4.69, 9.17) is 0 Å². The van der Waals surface area contributed by atoms with Crippen molar-refractivity contribution < 1.29 is 19.1 Å². The zero-order chi connectivity index (χ0) is 13.3. The van der Waals surface area contributed by atoms with Crippen LogP contribution in [0.25, 0.3) is 0 Å².